The molecule has 0 saturated heterocycles. The van der Waals surface area contributed by atoms with Gasteiger partial charge < -0.3 is 44.6 Å². The lowest BCUT2D eigenvalue weighted by atomic mass is 10.0. The van der Waals surface area contributed by atoms with E-state index in [-0.39, 0.29) is 66.9 Å². The van der Waals surface area contributed by atoms with Crippen LogP contribution in [0.3, 0.4) is 0 Å². The zero-order chi connectivity index (χ0) is 60.6. The number of anilines is 2. The van der Waals surface area contributed by atoms with Crippen LogP contribution in [0.25, 0.3) is 23.8 Å². The predicted octanol–water partition coefficient (Wildman–Crippen LogP) is 7.47. The number of amides is 4. The van der Waals surface area contributed by atoms with Crippen LogP contribution in [0.2, 0.25) is 0 Å². The number of nitrogens with zero attached hydrogens (tertiary/aromatic N) is 6. The van der Waals surface area contributed by atoms with Crippen molar-refractivity contribution in [3.8, 4) is 0 Å². The molecule has 4 aromatic carbocycles. The van der Waals surface area contributed by atoms with Crippen LogP contribution >= 0.6 is 0 Å². The summed E-state index contributed by atoms with van der Waals surface area (Å²) in [6.07, 6.45) is 19.2. The van der Waals surface area contributed by atoms with Crippen LogP contribution in [0.4, 0.5) is 37.7 Å². The molecule has 0 radical (unpaired) electrons. The number of carbonyl (C=O) groups is 5. The number of halogens is 6. The van der Waals surface area contributed by atoms with E-state index in [1.165, 1.54) is 36.7 Å². The molecule has 0 spiro atoms. The number of hydrogen-bond acceptors (Lipinski definition) is 10. The van der Waals surface area contributed by atoms with Gasteiger partial charge in [-0.1, -0.05) is 48.6 Å². The maximum absolute atomic E-state index is 13.5. The average Bonchev–Trinajstić information content (AvgIpc) is 3.81. The minimum Gasteiger partial charge on any atom is -0.397 e. The number of imidazole rings is 2. The molecule has 10 rings (SSSR count). The highest BCUT2D eigenvalue weighted by Crippen LogP contribution is 2.34. The van der Waals surface area contributed by atoms with Gasteiger partial charge in [0.15, 0.2) is 47.0 Å². The molecule has 0 aliphatic carbocycles. The second kappa shape index (κ2) is 28.3. The van der Waals surface area contributed by atoms with Crippen LogP contribution in [0, 0.1) is 34.9 Å². The molecule has 5 N–H and O–H groups in total. The molecule has 18 nitrogen and oxygen atoms in total. The van der Waals surface area contributed by atoms with E-state index in [0.29, 0.717) is 29.3 Å². The first-order valence-electron chi connectivity index (χ1n) is 25.4. The van der Waals surface area contributed by atoms with Crippen molar-refractivity contribution < 1.29 is 55.4 Å². The number of aldehydes is 1. The molecule has 2 aliphatic rings. The number of carbonyl (C=O) groups excluding carboxylic acids is 5. The van der Waals surface area contributed by atoms with Crippen LogP contribution in [-0.2, 0) is 43.2 Å². The molecule has 6 heterocycles. The first-order chi connectivity index (χ1) is 40.3. The zero-order valence-electron chi connectivity index (χ0n) is 45.0. The van der Waals surface area contributed by atoms with Crippen LogP contribution in [-0.4, -0.2) is 83.0 Å². The predicted molar refractivity (Wildman–Crippen MR) is 301 cm³/mol. The van der Waals surface area contributed by atoms with Crippen molar-refractivity contribution in [1.29, 1.82) is 0 Å². The van der Waals surface area contributed by atoms with E-state index < -0.39 is 57.8 Å². The smallest absolute Gasteiger partial charge is 0.263 e. The minimum absolute atomic E-state index is 0.0313. The largest absolute Gasteiger partial charge is 0.397 e. The highest BCUT2D eigenvalue weighted by atomic mass is 19.2. The number of pyridine rings is 2. The number of aryl methyl sites for hydroxylation is 2. The summed E-state index contributed by atoms with van der Waals surface area (Å²) in [4.78, 5) is 92.3. The second-order valence-corrected chi connectivity index (χ2v) is 18.4. The molecular formula is C60H52F6N10O8. The number of nitrogens with one attached hydrogen (secondary N) is 4. The number of hydrogen-bond donors (Lipinski definition) is 5. The molecule has 4 amide bonds. The van der Waals surface area contributed by atoms with E-state index >= 15 is 0 Å². The zero-order valence-corrected chi connectivity index (χ0v) is 45.0. The lowest BCUT2D eigenvalue weighted by Gasteiger charge is -2.09. The summed E-state index contributed by atoms with van der Waals surface area (Å²) in [5, 5.41) is 18.4. The minimum atomic E-state index is -1.59. The molecule has 0 bridgehead atoms. The quantitative estimate of drug-likeness (QED) is 0.0312. The summed E-state index contributed by atoms with van der Waals surface area (Å²) in [5.41, 5.74) is 3.68. The van der Waals surface area contributed by atoms with Gasteiger partial charge in [-0.25, -0.2) is 36.3 Å². The summed E-state index contributed by atoms with van der Waals surface area (Å²) in [7, 11) is 3.61. The van der Waals surface area contributed by atoms with Crippen LogP contribution in [0.1, 0.15) is 77.5 Å². The summed E-state index contributed by atoms with van der Waals surface area (Å²) in [6.45, 7) is 1.70. The monoisotopic (exact) mass is 1150 g/mol. The Hall–Kier alpha value is -10.5. The molecule has 432 valence electrons. The van der Waals surface area contributed by atoms with Gasteiger partial charge >= 0.3 is 0 Å². The van der Waals surface area contributed by atoms with Gasteiger partial charge in [-0.3, -0.25) is 33.6 Å². The normalized spacial score (nSPS) is 12.5. The average molecular weight is 1160 g/mol. The fourth-order valence-corrected chi connectivity index (χ4v) is 8.27. The van der Waals surface area contributed by atoms with Crippen molar-refractivity contribution in [1.82, 2.24) is 38.9 Å². The molecular weight excluding hydrogens is 1100 g/mol. The molecule has 4 aromatic heterocycles. The second-order valence-electron chi connectivity index (χ2n) is 18.4. The number of aliphatic hydroxyl groups is 1. The maximum atomic E-state index is 13.5. The lowest BCUT2D eigenvalue weighted by molar-refractivity contribution is -0.115. The van der Waals surface area contributed by atoms with E-state index in [1.54, 1.807) is 73.7 Å². The van der Waals surface area contributed by atoms with Crippen molar-refractivity contribution >= 4 is 65.1 Å². The number of fused-ring (bicyclic) bond motifs is 2. The third-order valence-electron chi connectivity index (χ3n) is 12.4. The Kier molecular flexibility index (Phi) is 20.6. The van der Waals surface area contributed by atoms with Gasteiger partial charge in [0.1, 0.15) is 17.0 Å². The first-order valence-corrected chi connectivity index (χ1v) is 25.4. The standard InChI is InChI=1S/C29H22F3N5O3.C24H18F3N3O3.C5H6N2O.C2H6O/c1-36-11-9-33-25(36)15-21-19-7-6-17(14-24(19)35-28(21)39)4-2-8-34-27(38)20-5-3-10-37(29(20)40)16-18-12-22(30)26(32)23(31)13-18;25-18-9-15(10-19(26)22(18)27)13-30-8-2-4-17(24(30)33)23(32)28-7-1-3-14-5-6-16-12-21(31)29-20(16)11-14;1-7-3-2-6-5(7)4-8;1-2-3/h2-7,9-15H,8,16H2,1H3,(H,34,38)(H,35,39);1-6,8-11H,7,12-13H2,(H,28,32)(H,29,31);2-4H,1H3;3H,2H2,1H3/b4-2+,21-15+;3-1+;;. The Bertz CT molecular complexity index is 3970. The van der Waals surface area contributed by atoms with E-state index in [0.717, 1.165) is 67.6 Å². The molecule has 0 atom stereocenters. The van der Waals surface area contributed by atoms with Crippen molar-refractivity contribution in [3.63, 3.8) is 0 Å². The van der Waals surface area contributed by atoms with Crippen molar-refractivity contribution in [3.05, 3.63) is 246 Å². The maximum Gasteiger partial charge on any atom is 0.263 e. The van der Waals surface area contributed by atoms with Gasteiger partial charge in [0.25, 0.3) is 28.8 Å². The number of aliphatic hydroxyl groups excluding tert-OH is 1. The number of aromatic nitrogens is 6. The molecule has 0 fully saturated rings. The Labute approximate surface area is 474 Å². The summed E-state index contributed by atoms with van der Waals surface area (Å²) >= 11 is 0. The highest BCUT2D eigenvalue weighted by Gasteiger charge is 2.25. The SMILES string of the molecule is CCO.Cn1ccnc1/C=C1/C(=O)Nc2cc(/C=C/CNC(=O)c3cccn(Cc4cc(F)c(F)c(F)c4)c3=O)ccc21.Cn1ccnc1C=O.O=C1Cc2ccc(/C=C/CNC(=O)c3cccn(Cc4cc(F)c(F)c(F)c4)c3=O)cc2N1. The summed E-state index contributed by atoms with van der Waals surface area (Å²) in [6, 6.07) is 19.8. The molecule has 0 saturated carbocycles. The molecule has 2 aliphatic heterocycles. The van der Waals surface area contributed by atoms with Gasteiger partial charge in [0, 0.05) is 87.9 Å². The van der Waals surface area contributed by atoms with Gasteiger partial charge in [0.05, 0.1) is 25.1 Å². The van der Waals surface area contributed by atoms with Crippen LogP contribution < -0.4 is 32.4 Å². The summed E-state index contributed by atoms with van der Waals surface area (Å²) < 4.78 is 86.0. The van der Waals surface area contributed by atoms with E-state index in [4.69, 9.17) is 5.11 Å². The van der Waals surface area contributed by atoms with Gasteiger partial charge in [-0.2, -0.15) is 0 Å². The summed E-state index contributed by atoms with van der Waals surface area (Å²) in [5.74, 6) is -9.04. The molecule has 24 heteroatoms. The van der Waals surface area contributed by atoms with Gasteiger partial charge in [-0.15, -0.1) is 0 Å². The third-order valence-corrected chi connectivity index (χ3v) is 12.4. The van der Waals surface area contributed by atoms with Crippen molar-refractivity contribution in [2.24, 2.45) is 14.1 Å². The van der Waals surface area contributed by atoms with Crippen LogP contribution in [0.15, 0.2) is 144 Å². The molecule has 84 heavy (non-hydrogen) atoms. The lowest BCUT2D eigenvalue weighted by Crippen LogP contribution is -2.33. The fourth-order valence-electron chi connectivity index (χ4n) is 8.27. The number of rotatable bonds is 14. The Morgan fingerprint density at radius 1 is 0.631 bits per heavy atom. The third kappa shape index (κ3) is 15.5. The Morgan fingerprint density at radius 2 is 1.10 bits per heavy atom. The first kappa shape index (κ1) is 61.1. The van der Waals surface area contributed by atoms with Gasteiger partial charge in [-0.05, 0) is 101 Å². The Morgan fingerprint density at radius 3 is 1.55 bits per heavy atom. The van der Waals surface area contributed by atoms with Gasteiger partial charge in [0.2, 0.25) is 5.91 Å². The van der Waals surface area contributed by atoms with E-state index in [9.17, 15) is 59.9 Å². The van der Waals surface area contributed by atoms with E-state index in [2.05, 4.69) is 31.2 Å². The Balaban J connectivity index is 0.000000207. The highest BCUT2D eigenvalue weighted by molar-refractivity contribution is 6.34. The van der Waals surface area contributed by atoms with E-state index in [1.807, 2.05) is 48.0 Å². The van der Waals surface area contributed by atoms with Crippen LogP contribution in [0.5, 0.6) is 0 Å². The number of benzene rings is 4. The van der Waals surface area contributed by atoms with Crippen molar-refractivity contribution in [2.45, 2.75) is 26.4 Å². The van der Waals surface area contributed by atoms with Crippen molar-refractivity contribution in [2.75, 3.05) is 30.3 Å². The topological polar surface area (TPSA) is 233 Å². The fraction of sp³-hybridized carbons (Fsp3) is 0.150. The molecule has 0 unspecified atom stereocenters. The molecule has 8 aromatic rings.